The van der Waals surface area contributed by atoms with Gasteiger partial charge in [0.15, 0.2) is 43.8 Å². The molecule has 0 bridgehead atoms. The van der Waals surface area contributed by atoms with Crippen molar-refractivity contribution in [3.8, 4) is 27.7 Å². The lowest BCUT2D eigenvalue weighted by molar-refractivity contribution is -0.135. The van der Waals surface area contributed by atoms with Crippen molar-refractivity contribution in [1.29, 1.82) is 0 Å². The highest BCUT2D eigenvalue weighted by atomic mass is 79.9. The van der Waals surface area contributed by atoms with E-state index in [0.29, 0.717) is 35.1 Å². The molecule has 6 heterocycles. The fourth-order valence-corrected chi connectivity index (χ4v) is 19.7. The summed E-state index contributed by atoms with van der Waals surface area (Å²) < 4.78 is 107. The van der Waals surface area contributed by atoms with Gasteiger partial charge < -0.3 is 44.4 Å². The number of rotatable bonds is 27. The maximum absolute atomic E-state index is 13.3. The van der Waals surface area contributed by atoms with E-state index in [-0.39, 0.29) is 150 Å². The normalized spacial score (nSPS) is 15.5. The molecular formula is C66H75BrN6O21S6. The first-order valence-corrected chi connectivity index (χ1v) is 38.9. The van der Waals surface area contributed by atoms with Crippen LogP contribution in [0.5, 0.6) is 17.2 Å². The Kier molecular flexibility index (Phi) is 28.3. The Morgan fingerprint density at radius 3 is 1.20 bits per heavy atom. The van der Waals surface area contributed by atoms with Gasteiger partial charge in [-0.25, -0.2) is 41.7 Å². The van der Waals surface area contributed by atoms with Crippen molar-refractivity contribution < 1.29 is 98.1 Å². The molecule has 10 rings (SSSR count). The molecule has 3 aliphatic rings. The van der Waals surface area contributed by atoms with E-state index in [9.17, 15) is 54.0 Å². The summed E-state index contributed by atoms with van der Waals surface area (Å²) in [5.41, 5.74) is 6.79. The summed E-state index contributed by atoms with van der Waals surface area (Å²) in [6, 6.07) is 36.6. The largest absolute Gasteiger partial charge is 0.492 e. The van der Waals surface area contributed by atoms with Crippen molar-refractivity contribution in [2.24, 2.45) is 0 Å². The van der Waals surface area contributed by atoms with Crippen LogP contribution in [0.2, 0.25) is 0 Å². The number of hydroxylamine groups is 3. The average molecular weight is 1560 g/mol. The van der Waals surface area contributed by atoms with Gasteiger partial charge in [0.1, 0.15) is 37.1 Å². The van der Waals surface area contributed by atoms with Gasteiger partial charge in [-0.3, -0.25) is 44.4 Å². The molecule has 3 saturated heterocycles. The molecule has 4 aromatic carbocycles. The minimum atomic E-state index is -4.10. The van der Waals surface area contributed by atoms with Crippen LogP contribution in [0, 0.1) is 6.92 Å². The second-order valence-corrected chi connectivity index (χ2v) is 34.2. The molecular weight excluding hydrogens is 1490 g/mol. The highest BCUT2D eigenvalue weighted by Crippen LogP contribution is 2.39. The number of ether oxygens (including phenoxy) is 6. The second kappa shape index (κ2) is 36.2. The fraction of sp³-hybridized carbons (Fsp3) is 0.364. The number of amides is 6. The van der Waals surface area contributed by atoms with Gasteiger partial charge in [-0.05, 0) is 175 Å². The fourth-order valence-electron chi connectivity index (χ4n) is 10.9. The van der Waals surface area contributed by atoms with Crippen molar-refractivity contribution in [3.05, 3.63) is 163 Å². The topological polar surface area (TPSA) is 393 Å². The summed E-state index contributed by atoms with van der Waals surface area (Å²) in [6.07, 6.45) is 0.268. The predicted molar refractivity (Wildman–Crippen MR) is 372 cm³/mol. The molecule has 34 heteroatoms. The number of aryl methyl sites for hydroxylation is 1. The third-order valence-corrected chi connectivity index (χ3v) is 27.7. The molecule has 0 unspecified atom stereocenters. The molecule has 9 N–H and O–H groups in total. The number of thiophene rings is 3. The van der Waals surface area contributed by atoms with Crippen LogP contribution in [0.4, 0.5) is 0 Å². The minimum absolute atomic E-state index is 0.0467. The smallest absolute Gasteiger partial charge is 0.265 e. The number of carbonyl (C=O) groups excluding carboxylic acids is 6. The molecule has 0 spiro atoms. The van der Waals surface area contributed by atoms with Crippen LogP contribution in [0.1, 0.15) is 63.5 Å². The number of hydrogen-bond acceptors (Lipinski definition) is 24. The Morgan fingerprint density at radius 2 is 0.850 bits per heavy atom. The lowest BCUT2D eigenvalue weighted by Gasteiger charge is -2.34. The average Bonchev–Trinajstić information content (AvgIpc) is 1.36. The van der Waals surface area contributed by atoms with Gasteiger partial charge in [0, 0.05) is 54.3 Å². The van der Waals surface area contributed by atoms with E-state index in [2.05, 4.69) is 56.1 Å². The molecule has 3 aliphatic heterocycles. The summed E-state index contributed by atoms with van der Waals surface area (Å²) in [5, 5.41) is 37.6. The summed E-state index contributed by atoms with van der Waals surface area (Å²) in [5.74, 6) is -2.05. The number of sulfone groups is 3. The van der Waals surface area contributed by atoms with Crippen LogP contribution < -0.4 is 46.6 Å². The summed E-state index contributed by atoms with van der Waals surface area (Å²) in [4.78, 5) is 76.5. The highest BCUT2D eigenvalue weighted by Gasteiger charge is 2.54. The molecule has 6 amide bonds. The van der Waals surface area contributed by atoms with Crippen molar-refractivity contribution >= 4 is 115 Å². The lowest BCUT2D eigenvalue weighted by atomic mass is 9.98. The third kappa shape index (κ3) is 19.3. The maximum Gasteiger partial charge on any atom is 0.265 e. The molecule has 0 atom stereocenters. The Morgan fingerprint density at radius 1 is 0.470 bits per heavy atom. The molecule has 0 radical (unpaired) electrons. The van der Waals surface area contributed by atoms with Gasteiger partial charge in [0.2, 0.25) is 11.8 Å². The van der Waals surface area contributed by atoms with Crippen LogP contribution >= 0.6 is 49.9 Å². The Hall–Kier alpha value is -7.71. The van der Waals surface area contributed by atoms with E-state index >= 15 is 0 Å². The minimum Gasteiger partial charge on any atom is -0.492 e. The van der Waals surface area contributed by atoms with E-state index < -0.39 is 61.5 Å². The summed E-state index contributed by atoms with van der Waals surface area (Å²) >= 11 is 7.73. The number of benzene rings is 4. The van der Waals surface area contributed by atoms with Crippen LogP contribution in [-0.2, 0) is 80.5 Å². The maximum atomic E-state index is 13.3. The van der Waals surface area contributed by atoms with E-state index in [1.54, 1.807) is 23.5 Å². The van der Waals surface area contributed by atoms with Crippen LogP contribution in [-0.4, -0.2) is 170 Å². The van der Waals surface area contributed by atoms with E-state index in [4.69, 9.17) is 44.0 Å². The van der Waals surface area contributed by atoms with Gasteiger partial charge in [-0.2, -0.15) is 0 Å². The Labute approximate surface area is 598 Å². The number of carbonyl (C=O) groups is 6. The van der Waals surface area contributed by atoms with Gasteiger partial charge in [-0.15, -0.1) is 34.0 Å². The Bertz CT molecular complexity index is 4240. The lowest BCUT2D eigenvalue weighted by Crippen LogP contribution is -2.54. The molecule has 7 aromatic rings. The summed E-state index contributed by atoms with van der Waals surface area (Å²) in [6.45, 7) is 4.12. The third-order valence-electron chi connectivity index (χ3n) is 16.5. The predicted octanol–water partition coefficient (Wildman–Crippen LogP) is 6.75. The van der Waals surface area contributed by atoms with Crippen LogP contribution in [0.15, 0.2) is 157 Å². The van der Waals surface area contributed by atoms with Gasteiger partial charge in [-0.1, -0.05) is 35.9 Å². The van der Waals surface area contributed by atoms with Crippen LogP contribution in [0.25, 0.3) is 10.4 Å². The van der Waals surface area contributed by atoms with E-state index in [0.717, 1.165) is 24.0 Å². The monoisotopic (exact) mass is 1560 g/mol. The SMILES string of the molecule is Cc1ccc(-c2ccc(CC(=O)NCCOc3ccc(S(=O)(=O)C4(C(=O)NO)CCOCC4)cc3)s2)cc1.O=C(Cc1cccs1)NCCOc1ccc(S(=O)(=O)C2(C(=O)NO)CCOCC2)cc1.O=C(NCCOc1ccc(S(=O)(=O)C2(C(=O)NO)CCOCC2)cc1)c1ccc(Br)s1. The zero-order chi connectivity index (χ0) is 72.0. The molecule has 538 valence electrons. The van der Waals surface area contributed by atoms with Crippen molar-refractivity contribution in [1.82, 2.24) is 32.4 Å². The molecule has 27 nitrogen and oxygen atoms in total. The first-order chi connectivity index (χ1) is 47.9. The molecule has 0 aliphatic carbocycles. The molecule has 100 heavy (non-hydrogen) atoms. The number of halogens is 1. The van der Waals surface area contributed by atoms with Gasteiger partial charge in [0.25, 0.3) is 23.6 Å². The van der Waals surface area contributed by atoms with E-state index in [1.807, 2.05) is 36.6 Å². The highest BCUT2D eigenvalue weighted by molar-refractivity contribution is 9.11. The van der Waals surface area contributed by atoms with Crippen LogP contribution in [0.3, 0.4) is 0 Å². The first kappa shape index (κ1) is 78.0. The van der Waals surface area contributed by atoms with Crippen molar-refractivity contribution in [2.45, 2.75) is 87.2 Å². The number of nitrogens with one attached hydrogen (secondary N) is 6. The van der Waals surface area contributed by atoms with Gasteiger partial charge in [0.05, 0.1) is 55.8 Å². The van der Waals surface area contributed by atoms with E-state index in [1.165, 1.54) is 117 Å². The molecule has 0 saturated carbocycles. The standard InChI is InChI=1S/C27H30N2O7S2.C20H24N2O7S2.C19H21BrN2O7S2/c1-19-2-4-20(5-3-19)24-11-8-22(37-24)18-25(30)28-14-17-36-21-6-9-23(10-7-21)38(33,34)27(26(31)29-32)12-15-35-16-13-27;23-18(14-16-2-1-13-30-16)21-9-12-29-15-3-5-17(6-4-15)31(26,27)20(19(24)22-25)7-10-28-11-8-20;20-16-6-5-15(30-16)17(23)21-9-12-29-13-1-3-14(4-2-13)31(26,27)19(18(24)22-25)7-10-28-11-8-19/h2-11,32H,12-18H2,1H3,(H,28,30)(H,29,31);1-6,13,25H,7-12,14H2,(H,21,23)(H,22,24);1-6,25H,7-12H2,(H,21,23)(H,22,24). The first-order valence-electron chi connectivity index (χ1n) is 31.2. The quantitative estimate of drug-likeness (QED) is 0.0146. The molecule has 3 aromatic heterocycles. The summed E-state index contributed by atoms with van der Waals surface area (Å²) in [7, 11) is -12.3. The van der Waals surface area contributed by atoms with Crippen molar-refractivity contribution in [2.75, 3.05) is 79.1 Å². The zero-order valence-corrected chi connectivity index (χ0v) is 60.4. The molecule has 3 fully saturated rings. The zero-order valence-electron chi connectivity index (χ0n) is 53.9. The number of hydrogen-bond donors (Lipinski definition) is 9. The Balaban J connectivity index is 0.000000192. The second-order valence-electron chi connectivity index (χ2n) is 22.7. The van der Waals surface area contributed by atoms with Crippen molar-refractivity contribution in [3.63, 3.8) is 0 Å². The van der Waals surface area contributed by atoms with Gasteiger partial charge >= 0.3 is 0 Å².